The number of fused-ring (bicyclic) bond motifs is 1. The molecule has 0 aromatic heterocycles. The molecule has 0 saturated carbocycles. The summed E-state index contributed by atoms with van der Waals surface area (Å²) in [6.45, 7) is 0.208. The van der Waals surface area contributed by atoms with Crippen molar-refractivity contribution in [2.45, 2.75) is 12.2 Å². The molecule has 12 heavy (non-hydrogen) atoms. The Bertz CT molecular complexity index is 260. The Hall–Kier alpha value is -1.39. The third kappa shape index (κ3) is 0.975. The highest BCUT2D eigenvalue weighted by Gasteiger charge is 2.31. The summed E-state index contributed by atoms with van der Waals surface area (Å²) in [5.41, 5.74) is 0. The number of Topliss-reactive ketones (excluding diaryl/α,β-unsaturated/α-hetero) is 1. The number of nitrogens with zero attached hydrogens (tertiary/aromatic N) is 3. The van der Waals surface area contributed by atoms with Crippen LogP contribution in [-0.4, -0.2) is 42.1 Å². The lowest BCUT2D eigenvalue weighted by Crippen LogP contribution is -2.46. The largest absolute Gasteiger partial charge is 0.496 e. The maximum atomic E-state index is 11.3. The predicted octanol–water partition coefficient (Wildman–Crippen LogP) is -0.983. The zero-order valence-corrected chi connectivity index (χ0v) is 6.47. The van der Waals surface area contributed by atoms with Crippen molar-refractivity contribution in [3.8, 4) is 0 Å². The lowest BCUT2D eigenvalue weighted by Gasteiger charge is -2.28. The van der Waals surface area contributed by atoms with Crippen LogP contribution in [-0.2, 0) is 4.79 Å². The van der Waals surface area contributed by atoms with E-state index in [1.807, 2.05) is 0 Å². The summed E-state index contributed by atoms with van der Waals surface area (Å²) in [7, 11) is 3.71. The van der Waals surface area contributed by atoms with E-state index in [4.69, 9.17) is 0 Å². The molecule has 2 aliphatic heterocycles. The van der Waals surface area contributed by atoms with E-state index < -0.39 is 0 Å². The lowest BCUT2D eigenvalue weighted by atomic mass is 10.1. The summed E-state index contributed by atoms with van der Waals surface area (Å²) in [4.78, 5) is 20.8. The Balaban J connectivity index is 2.23. The van der Waals surface area contributed by atoms with E-state index in [1.165, 1.54) is 6.34 Å². The minimum absolute atomic E-state index is 0.0312. The van der Waals surface area contributed by atoms with Crippen molar-refractivity contribution in [3.05, 3.63) is 7.05 Å². The van der Waals surface area contributed by atoms with Gasteiger partial charge in [0, 0.05) is 0 Å². The first-order chi connectivity index (χ1) is 5.79. The van der Waals surface area contributed by atoms with Gasteiger partial charge in [-0.05, 0) is 0 Å². The summed E-state index contributed by atoms with van der Waals surface area (Å²) in [6, 6.07) is -0.343. The van der Waals surface area contributed by atoms with Gasteiger partial charge in [-0.15, -0.1) is 0 Å². The average Bonchev–Trinajstić information content (AvgIpc) is 2.30. The minimum atomic E-state index is -0.343. The first-order valence-corrected chi connectivity index (χ1v) is 3.68. The van der Waals surface area contributed by atoms with Crippen LogP contribution in [0.3, 0.4) is 0 Å². The number of aliphatic imine (C=N–C) groups is 2. The second-order valence-electron chi connectivity index (χ2n) is 2.77. The van der Waals surface area contributed by atoms with E-state index in [2.05, 4.69) is 22.3 Å². The maximum absolute atomic E-state index is 11.3. The molecule has 2 rings (SSSR count). The third-order valence-electron chi connectivity index (χ3n) is 1.95. The molecule has 2 heterocycles. The molecule has 2 atom stereocenters. The number of carbonyl (C=O) groups excluding carboxylic acids is 1. The fourth-order valence-corrected chi connectivity index (χ4v) is 1.30. The van der Waals surface area contributed by atoms with E-state index in [0.717, 1.165) is 0 Å². The Morgan fingerprint density at radius 3 is 3.42 bits per heavy atom. The van der Waals surface area contributed by atoms with E-state index in [0.29, 0.717) is 0 Å². The van der Waals surface area contributed by atoms with Gasteiger partial charge in [0.25, 0.3) is 0 Å². The average molecular weight is 165 g/mol. The van der Waals surface area contributed by atoms with Crippen molar-refractivity contribution < 1.29 is 4.79 Å². The summed E-state index contributed by atoms with van der Waals surface area (Å²) in [5, 5.41) is 2.95. The molecule has 5 nitrogen and oxygen atoms in total. The smallest absolute Gasteiger partial charge is 0.182 e. The maximum Gasteiger partial charge on any atom is 0.182 e. The molecule has 0 spiro atoms. The molecule has 0 bridgehead atoms. The van der Waals surface area contributed by atoms with Gasteiger partial charge in [-0.3, -0.25) is 21.8 Å². The zero-order chi connectivity index (χ0) is 8.55. The molecule has 0 saturated heterocycles. The highest BCUT2D eigenvalue weighted by Crippen LogP contribution is 2.12. The monoisotopic (exact) mass is 165 g/mol. The van der Waals surface area contributed by atoms with Gasteiger partial charge in [-0.2, -0.15) is 0 Å². The SMILES string of the molecule is [CH2-]N1C=NC2C(=O)CN=CNC21. The van der Waals surface area contributed by atoms with Crippen molar-refractivity contribution in [2.75, 3.05) is 6.54 Å². The van der Waals surface area contributed by atoms with E-state index in [1.54, 1.807) is 11.2 Å². The molecule has 0 aromatic carbocycles. The fourth-order valence-electron chi connectivity index (χ4n) is 1.30. The van der Waals surface area contributed by atoms with Gasteiger partial charge in [0.2, 0.25) is 0 Å². The normalized spacial score (nSPS) is 33.1. The number of rotatable bonds is 0. The van der Waals surface area contributed by atoms with Crippen LogP contribution in [0, 0.1) is 7.05 Å². The van der Waals surface area contributed by atoms with Crippen LogP contribution in [0.4, 0.5) is 0 Å². The van der Waals surface area contributed by atoms with Gasteiger partial charge in [0.1, 0.15) is 18.8 Å². The van der Waals surface area contributed by atoms with Gasteiger partial charge in [0.05, 0.1) is 12.7 Å². The predicted molar refractivity (Wildman–Crippen MR) is 44.8 cm³/mol. The van der Waals surface area contributed by atoms with Crippen LogP contribution in [0.25, 0.3) is 0 Å². The van der Waals surface area contributed by atoms with Crippen LogP contribution in [0.1, 0.15) is 0 Å². The molecule has 0 radical (unpaired) electrons. The van der Waals surface area contributed by atoms with Gasteiger partial charge < -0.3 is 10.2 Å². The summed E-state index contributed by atoms with van der Waals surface area (Å²) >= 11 is 0. The van der Waals surface area contributed by atoms with Crippen molar-refractivity contribution in [1.82, 2.24) is 10.2 Å². The molecule has 0 amide bonds. The molecule has 0 fully saturated rings. The molecule has 0 aromatic rings. The first-order valence-electron chi connectivity index (χ1n) is 3.68. The molecular weight excluding hydrogens is 156 g/mol. The van der Waals surface area contributed by atoms with Gasteiger partial charge in [0.15, 0.2) is 5.78 Å². The third-order valence-corrected chi connectivity index (χ3v) is 1.95. The Morgan fingerprint density at radius 1 is 1.75 bits per heavy atom. The van der Waals surface area contributed by atoms with Crippen molar-refractivity contribution in [1.29, 1.82) is 0 Å². The topological polar surface area (TPSA) is 57.1 Å². The van der Waals surface area contributed by atoms with E-state index in [-0.39, 0.29) is 24.5 Å². The van der Waals surface area contributed by atoms with Crippen LogP contribution >= 0.6 is 0 Å². The standard InChI is InChI=1S/C7H9N4O/c1-11-4-10-6-5(12)2-8-3-9-7(6)11/h3-4,6-7H,1-2H2,(H,8,9)/q-1. The van der Waals surface area contributed by atoms with E-state index in [9.17, 15) is 4.79 Å². The fraction of sp³-hybridized carbons (Fsp3) is 0.429. The second kappa shape index (κ2) is 2.58. The number of hydrogen-bond acceptors (Lipinski definition) is 5. The van der Waals surface area contributed by atoms with Crippen LogP contribution < -0.4 is 5.32 Å². The van der Waals surface area contributed by atoms with Gasteiger partial charge in [-0.1, -0.05) is 0 Å². The Morgan fingerprint density at radius 2 is 2.58 bits per heavy atom. The Kier molecular flexibility index (Phi) is 1.56. The number of carbonyl (C=O) groups is 1. The number of hydrogen-bond donors (Lipinski definition) is 1. The lowest BCUT2D eigenvalue weighted by molar-refractivity contribution is -0.119. The minimum Gasteiger partial charge on any atom is -0.496 e. The summed E-state index contributed by atoms with van der Waals surface area (Å²) < 4.78 is 0. The first kappa shape index (κ1) is 7.27. The van der Waals surface area contributed by atoms with Gasteiger partial charge in [-0.25, -0.2) is 0 Å². The molecule has 1 N–H and O–H groups in total. The molecule has 2 unspecified atom stereocenters. The van der Waals surface area contributed by atoms with Gasteiger partial charge >= 0.3 is 0 Å². The van der Waals surface area contributed by atoms with Crippen molar-refractivity contribution in [2.24, 2.45) is 9.98 Å². The van der Waals surface area contributed by atoms with Crippen LogP contribution in [0.5, 0.6) is 0 Å². The number of ketones is 1. The Labute approximate surface area is 70.2 Å². The van der Waals surface area contributed by atoms with Crippen LogP contribution in [0.2, 0.25) is 0 Å². The highest BCUT2D eigenvalue weighted by atomic mass is 16.1. The quantitative estimate of drug-likeness (QED) is 0.469. The summed E-state index contributed by atoms with van der Waals surface area (Å²) in [5.74, 6) is 0.0312. The van der Waals surface area contributed by atoms with Crippen molar-refractivity contribution >= 4 is 18.5 Å². The highest BCUT2D eigenvalue weighted by molar-refractivity contribution is 5.91. The molecule has 64 valence electrons. The molecule has 0 aliphatic carbocycles. The molecule has 2 aliphatic rings. The number of nitrogens with one attached hydrogen (secondary N) is 1. The van der Waals surface area contributed by atoms with E-state index >= 15 is 0 Å². The van der Waals surface area contributed by atoms with Crippen LogP contribution in [0.15, 0.2) is 9.98 Å². The second-order valence-corrected chi connectivity index (χ2v) is 2.77. The molecular formula is C7H9N4O-. The zero-order valence-electron chi connectivity index (χ0n) is 6.47. The molecule has 5 heteroatoms. The summed E-state index contributed by atoms with van der Waals surface area (Å²) in [6.07, 6.45) is 2.96. The van der Waals surface area contributed by atoms with Crippen molar-refractivity contribution in [3.63, 3.8) is 0 Å².